The molecule has 0 saturated heterocycles. The highest BCUT2D eigenvalue weighted by molar-refractivity contribution is 6.31. The molecule has 6 nitrogen and oxygen atoms in total. The first-order valence-corrected chi connectivity index (χ1v) is 9.21. The number of nitrogens with one attached hydrogen (secondary N) is 2. The number of hydrogen-bond acceptors (Lipinski definition) is 4. The van der Waals surface area contributed by atoms with Crippen molar-refractivity contribution in [2.75, 3.05) is 0 Å². The lowest BCUT2D eigenvalue weighted by Gasteiger charge is -2.11. The summed E-state index contributed by atoms with van der Waals surface area (Å²) in [5, 5.41) is 12.3. The maximum absolute atomic E-state index is 12.5. The summed E-state index contributed by atoms with van der Waals surface area (Å²) in [5.41, 5.74) is 2.46. The fourth-order valence-electron chi connectivity index (χ4n) is 2.90. The van der Waals surface area contributed by atoms with Gasteiger partial charge in [0.1, 0.15) is 23.1 Å². The van der Waals surface area contributed by atoms with E-state index in [1.807, 2.05) is 19.1 Å². The number of hydrogen-bond donors (Lipinski definition) is 2. The van der Waals surface area contributed by atoms with Gasteiger partial charge in [-0.3, -0.25) is 9.59 Å². The number of carbonyl (C=O) groups is 1. The van der Waals surface area contributed by atoms with E-state index in [0.29, 0.717) is 22.6 Å². The van der Waals surface area contributed by atoms with Crippen molar-refractivity contribution in [1.82, 2.24) is 10.3 Å². The lowest BCUT2D eigenvalue weighted by molar-refractivity contribution is 0.0950. The summed E-state index contributed by atoms with van der Waals surface area (Å²) in [5.74, 6) is 0.349. The van der Waals surface area contributed by atoms with E-state index in [-0.39, 0.29) is 28.6 Å². The minimum atomic E-state index is -0.346. The van der Waals surface area contributed by atoms with Gasteiger partial charge in [-0.2, -0.15) is 5.26 Å². The Morgan fingerprint density at radius 1 is 1.21 bits per heavy atom. The molecule has 0 radical (unpaired) electrons. The van der Waals surface area contributed by atoms with E-state index < -0.39 is 0 Å². The summed E-state index contributed by atoms with van der Waals surface area (Å²) in [7, 11) is 0. The van der Waals surface area contributed by atoms with Crippen LogP contribution in [0.15, 0.2) is 53.3 Å². The SMILES string of the molecule is Cc1cc(C)c(CNC(=O)c2cccc(Oc3cccc(Cl)c3C#N)c2)c(=O)[nH]1. The van der Waals surface area contributed by atoms with Gasteiger partial charge in [0.2, 0.25) is 0 Å². The Kier molecular flexibility index (Phi) is 6.01. The van der Waals surface area contributed by atoms with Gasteiger partial charge in [0.25, 0.3) is 11.5 Å². The Labute approximate surface area is 172 Å². The number of nitriles is 1. The van der Waals surface area contributed by atoms with Crippen LogP contribution in [0, 0.1) is 25.2 Å². The van der Waals surface area contributed by atoms with Crippen molar-refractivity contribution in [3.8, 4) is 17.6 Å². The molecule has 29 heavy (non-hydrogen) atoms. The number of nitrogens with zero attached hydrogens (tertiary/aromatic N) is 1. The average Bonchev–Trinajstić information content (AvgIpc) is 2.67. The first kappa shape index (κ1) is 20.2. The molecule has 0 bridgehead atoms. The van der Waals surface area contributed by atoms with Crippen LogP contribution in [-0.2, 0) is 6.54 Å². The number of aromatic amines is 1. The van der Waals surface area contributed by atoms with Gasteiger partial charge < -0.3 is 15.0 Å². The predicted octanol–water partition coefficient (Wildman–Crippen LogP) is 4.24. The molecule has 0 aliphatic carbocycles. The largest absolute Gasteiger partial charge is 0.456 e. The van der Waals surface area contributed by atoms with Crippen molar-refractivity contribution in [3.63, 3.8) is 0 Å². The quantitative estimate of drug-likeness (QED) is 0.661. The number of ether oxygens (including phenoxy) is 1. The van der Waals surface area contributed by atoms with Crippen LogP contribution in [0.2, 0.25) is 5.02 Å². The van der Waals surface area contributed by atoms with E-state index in [4.69, 9.17) is 16.3 Å². The second-order valence-electron chi connectivity index (χ2n) is 6.48. The fraction of sp³-hybridized carbons (Fsp3) is 0.136. The third-order valence-electron chi connectivity index (χ3n) is 4.33. The summed E-state index contributed by atoms with van der Waals surface area (Å²) in [6.45, 7) is 3.74. The molecule has 2 N–H and O–H groups in total. The number of amides is 1. The molecular weight excluding hydrogens is 390 g/mol. The summed E-state index contributed by atoms with van der Waals surface area (Å²) >= 11 is 6.02. The highest BCUT2D eigenvalue weighted by Crippen LogP contribution is 2.30. The van der Waals surface area contributed by atoms with Gasteiger partial charge >= 0.3 is 0 Å². The minimum Gasteiger partial charge on any atom is -0.456 e. The van der Waals surface area contributed by atoms with Crippen LogP contribution in [0.3, 0.4) is 0 Å². The lowest BCUT2D eigenvalue weighted by atomic mass is 10.1. The third kappa shape index (κ3) is 4.65. The molecule has 0 unspecified atom stereocenters. The van der Waals surface area contributed by atoms with Gasteiger partial charge in [-0.25, -0.2) is 0 Å². The van der Waals surface area contributed by atoms with Gasteiger partial charge in [-0.05, 0) is 55.8 Å². The van der Waals surface area contributed by atoms with E-state index in [1.54, 1.807) is 49.4 Å². The molecule has 7 heteroatoms. The monoisotopic (exact) mass is 407 g/mol. The summed E-state index contributed by atoms with van der Waals surface area (Å²) in [6, 6.07) is 15.3. The summed E-state index contributed by atoms with van der Waals surface area (Å²) in [4.78, 5) is 27.4. The van der Waals surface area contributed by atoms with Gasteiger partial charge in [0.05, 0.1) is 5.02 Å². The number of benzene rings is 2. The lowest BCUT2D eigenvalue weighted by Crippen LogP contribution is -2.27. The molecule has 0 aliphatic heterocycles. The minimum absolute atomic E-state index is 0.109. The Morgan fingerprint density at radius 2 is 1.97 bits per heavy atom. The Hall–Kier alpha value is -3.56. The van der Waals surface area contributed by atoms with Crippen LogP contribution in [0.4, 0.5) is 0 Å². The maximum atomic E-state index is 12.5. The molecule has 0 aliphatic rings. The molecule has 3 rings (SSSR count). The predicted molar refractivity (Wildman–Crippen MR) is 110 cm³/mol. The van der Waals surface area contributed by atoms with Crippen LogP contribution in [-0.4, -0.2) is 10.9 Å². The molecule has 1 heterocycles. The number of H-pyrrole nitrogens is 1. The maximum Gasteiger partial charge on any atom is 0.253 e. The number of aryl methyl sites for hydroxylation is 2. The number of carbonyl (C=O) groups excluding carboxylic acids is 1. The Balaban J connectivity index is 1.76. The van der Waals surface area contributed by atoms with Crippen molar-refractivity contribution in [3.05, 3.63) is 91.9 Å². The summed E-state index contributed by atoms with van der Waals surface area (Å²) < 4.78 is 5.74. The smallest absolute Gasteiger partial charge is 0.253 e. The van der Waals surface area contributed by atoms with Crippen molar-refractivity contribution in [2.24, 2.45) is 0 Å². The van der Waals surface area contributed by atoms with E-state index >= 15 is 0 Å². The molecule has 0 atom stereocenters. The molecule has 0 fully saturated rings. The standard InChI is InChI=1S/C22H18ClN3O3/c1-13-9-14(2)26-22(28)18(13)12-25-21(27)15-5-3-6-16(10-15)29-20-8-4-7-19(23)17(20)11-24/h3-10H,12H2,1-2H3,(H,25,27)(H,26,28). The van der Waals surface area contributed by atoms with Gasteiger partial charge in [0.15, 0.2) is 0 Å². The van der Waals surface area contributed by atoms with Crippen molar-refractivity contribution in [1.29, 1.82) is 5.26 Å². The van der Waals surface area contributed by atoms with Gasteiger partial charge in [0, 0.05) is 23.4 Å². The zero-order valence-electron chi connectivity index (χ0n) is 15.9. The van der Waals surface area contributed by atoms with Crippen molar-refractivity contribution < 1.29 is 9.53 Å². The second kappa shape index (κ2) is 8.63. The normalized spacial score (nSPS) is 10.3. The topological polar surface area (TPSA) is 95.0 Å². The molecular formula is C22H18ClN3O3. The van der Waals surface area contributed by atoms with Gasteiger partial charge in [-0.15, -0.1) is 0 Å². The number of aromatic nitrogens is 1. The molecule has 146 valence electrons. The number of halogens is 1. The first-order valence-electron chi connectivity index (χ1n) is 8.83. The van der Waals surface area contributed by atoms with Gasteiger partial charge in [-0.1, -0.05) is 23.7 Å². The zero-order valence-corrected chi connectivity index (χ0v) is 16.6. The van der Waals surface area contributed by atoms with E-state index in [9.17, 15) is 14.9 Å². The van der Waals surface area contributed by atoms with Crippen LogP contribution in [0.5, 0.6) is 11.5 Å². The molecule has 0 spiro atoms. The zero-order chi connectivity index (χ0) is 21.0. The van der Waals surface area contributed by atoms with Crippen LogP contribution >= 0.6 is 11.6 Å². The van der Waals surface area contributed by atoms with Crippen LogP contribution < -0.4 is 15.6 Å². The van der Waals surface area contributed by atoms with E-state index in [1.165, 1.54) is 0 Å². The highest BCUT2D eigenvalue weighted by Gasteiger charge is 2.12. The highest BCUT2D eigenvalue weighted by atomic mass is 35.5. The molecule has 1 aromatic heterocycles. The molecule has 1 amide bonds. The number of rotatable bonds is 5. The average molecular weight is 408 g/mol. The van der Waals surface area contributed by atoms with E-state index in [0.717, 1.165) is 11.3 Å². The van der Waals surface area contributed by atoms with Crippen LogP contribution in [0.1, 0.15) is 32.7 Å². The van der Waals surface area contributed by atoms with E-state index in [2.05, 4.69) is 10.3 Å². The number of pyridine rings is 1. The summed E-state index contributed by atoms with van der Waals surface area (Å²) in [6.07, 6.45) is 0. The molecule has 2 aromatic carbocycles. The third-order valence-corrected chi connectivity index (χ3v) is 4.65. The second-order valence-corrected chi connectivity index (χ2v) is 6.89. The Bertz CT molecular complexity index is 1180. The van der Waals surface area contributed by atoms with Crippen LogP contribution in [0.25, 0.3) is 0 Å². The Morgan fingerprint density at radius 3 is 2.69 bits per heavy atom. The molecule has 0 saturated carbocycles. The van der Waals surface area contributed by atoms with Crippen molar-refractivity contribution >= 4 is 17.5 Å². The first-order chi connectivity index (χ1) is 13.9. The fourth-order valence-corrected chi connectivity index (χ4v) is 3.11. The van der Waals surface area contributed by atoms with Crippen molar-refractivity contribution in [2.45, 2.75) is 20.4 Å². The molecule has 3 aromatic rings.